The molecular weight excluding hydrogens is 350 g/mol. The number of aromatic amines is 1. The molecular formula is C20H20ClN3O2. The smallest absolute Gasteiger partial charge is 0.274 e. The number of hydrogen-bond acceptors (Lipinski definition) is 3. The molecule has 1 aliphatic heterocycles. The lowest BCUT2D eigenvalue weighted by atomic mass is 9.98. The first-order valence-corrected chi connectivity index (χ1v) is 9.17. The summed E-state index contributed by atoms with van der Waals surface area (Å²) in [5.41, 5.74) is 3.72. The van der Waals surface area contributed by atoms with Crippen molar-refractivity contribution in [2.75, 3.05) is 13.2 Å². The van der Waals surface area contributed by atoms with E-state index < -0.39 is 0 Å². The molecule has 6 heteroatoms. The Hall–Kier alpha value is -2.53. The van der Waals surface area contributed by atoms with Crippen LogP contribution in [0.15, 0.2) is 36.4 Å². The molecule has 0 saturated carbocycles. The van der Waals surface area contributed by atoms with Gasteiger partial charge in [0.1, 0.15) is 0 Å². The molecule has 1 aromatic carbocycles. The number of amides is 1. The van der Waals surface area contributed by atoms with E-state index in [4.69, 9.17) is 16.3 Å². The first-order chi connectivity index (χ1) is 12.6. The highest BCUT2D eigenvalue weighted by Crippen LogP contribution is 2.35. The summed E-state index contributed by atoms with van der Waals surface area (Å²) in [5.74, 6) is 0.240. The maximum Gasteiger partial charge on any atom is 0.274 e. The average Bonchev–Trinajstić information content (AvgIpc) is 3.03. The molecule has 4 rings (SSSR count). The fourth-order valence-electron chi connectivity index (χ4n) is 3.64. The third kappa shape index (κ3) is 2.72. The van der Waals surface area contributed by atoms with Gasteiger partial charge in [0.15, 0.2) is 5.69 Å². The number of carbonyl (C=O) groups excluding carboxylic acids is 1. The lowest BCUT2D eigenvalue weighted by Gasteiger charge is -2.33. The molecule has 134 valence electrons. The van der Waals surface area contributed by atoms with Crippen LogP contribution in [0.3, 0.4) is 0 Å². The number of benzene rings is 1. The number of aromatic nitrogens is 2. The third-order valence-corrected chi connectivity index (χ3v) is 5.22. The van der Waals surface area contributed by atoms with Crippen molar-refractivity contribution in [3.8, 4) is 5.88 Å². The van der Waals surface area contributed by atoms with Crippen molar-refractivity contribution in [1.82, 2.24) is 14.9 Å². The van der Waals surface area contributed by atoms with Crippen molar-refractivity contribution in [1.29, 1.82) is 0 Å². The number of fused-ring (bicyclic) bond motifs is 3. The molecule has 0 radical (unpaired) electrons. The van der Waals surface area contributed by atoms with Crippen LogP contribution in [0.25, 0.3) is 10.9 Å². The minimum Gasteiger partial charge on any atom is -0.478 e. The predicted octanol–water partition coefficient (Wildman–Crippen LogP) is 4.37. The highest BCUT2D eigenvalue weighted by atomic mass is 35.5. The SMILES string of the molecule is CCOc1ccc(Cl)c(C(=O)N2CCc3c([nH]c4ccccc34)[C@@H]2C)n1. The summed E-state index contributed by atoms with van der Waals surface area (Å²) in [6, 6.07) is 11.5. The number of H-pyrrole nitrogens is 1. The molecule has 26 heavy (non-hydrogen) atoms. The van der Waals surface area contributed by atoms with Gasteiger partial charge in [0.05, 0.1) is 17.7 Å². The number of nitrogens with one attached hydrogen (secondary N) is 1. The highest BCUT2D eigenvalue weighted by Gasteiger charge is 2.32. The van der Waals surface area contributed by atoms with Crippen LogP contribution in [0, 0.1) is 0 Å². The third-order valence-electron chi connectivity index (χ3n) is 4.91. The van der Waals surface area contributed by atoms with Gasteiger partial charge < -0.3 is 14.6 Å². The standard InChI is InChI=1S/C20H20ClN3O2/c1-3-26-17-9-8-15(21)19(23-17)20(25)24-11-10-14-13-6-4-5-7-16(13)22-18(14)12(24)2/h4-9,12,22H,3,10-11H2,1-2H3/t12-/m0/s1. The molecule has 0 aliphatic carbocycles. The zero-order chi connectivity index (χ0) is 18.3. The summed E-state index contributed by atoms with van der Waals surface area (Å²) in [7, 11) is 0. The second-order valence-corrected chi connectivity index (χ2v) is 6.81. The second kappa shape index (κ2) is 6.65. The van der Waals surface area contributed by atoms with Gasteiger partial charge in [-0.2, -0.15) is 0 Å². The maximum absolute atomic E-state index is 13.1. The lowest BCUT2D eigenvalue weighted by Crippen LogP contribution is -2.39. The summed E-state index contributed by atoms with van der Waals surface area (Å²) in [6.07, 6.45) is 0.804. The average molecular weight is 370 g/mol. The monoisotopic (exact) mass is 369 g/mol. The van der Waals surface area contributed by atoms with Gasteiger partial charge in [-0.15, -0.1) is 0 Å². The van der Waals surface area contributed by atoms with Gasteiger partial charge >= 0.3 is 0 Å². The molecule has 0 fully saturated rings. The number of nitrogens with zero attached hydrogens (tertiary/aromatic N) is 2. The van der Waals surface area contributed by atoms with Crippen molar-refractivity contribution in [3.05, 3.63) is 58.4 Å². The molecule has 0 saturated heterocycles. The van der Waals surface area contributed by atoms with Crippen molar-refractivity contribution < 1.29 is 9.53 Å². The van der Waals surface area contributed by atoms with Crippen LogP contribution in [0.4, 0.5) is 0 Å². The van der Waals surface area contributed by atoms with Gasteiger partial charge in [0, 0.05) is 29.2 Å². The zero-order valence-corrected chi connectivity index (χ0v) is 15.5. The van der Waals surface area contributed by atoms with E-state index in [9.17, 15) is 4.79 Å². The molecule has 0 unspecified atom stereocenters. The Balaban J connectivity index is 1.69. The Morgan fingerprint density at radius 1 is 1.35 bits per heavy atom. The minimum atomic E-state index is -0.173. The Morgan fingerprint density at radius 3 is 2.96 bits per heavy atom. The van der Waals surface area contributed by atoms with E-state index in [1.807, 2.05) is 30.9 Å². The molecule has 0 spiro atoms. The first-order valence-electron chi connectivity index (χ1n) is 8.80. The first kappa shape index (κ1) is 16.9. The van der Waals surface area contributed by atoms with Crippen LogP contribution in [0.1, 0.15) is 41.6 Å². The summed E-state index contributed by atoms with van der Waals surface area (Å²) in [6.45, 7) is 5.03. The van der Waals surface area contributed by atoms with Crippen LogP contribution in [-0.4, -0.2) is 33.9 Å². The van der Waals surface area contributed by atoms with Gasteiger partial charge in [-0.1, -0.05) is 29.8 Å². The predicted molar refractivity (Wildman–Crippen MR) is 102 cm³/mol. The largest absolute Gasteiger partial charge is 0.478 e. The Kier molecular flexibility index (Phi) is 4.32. The summed E-state index contributed by atoms with van der Waals surface area (Å²) in [4.78, 5) is 22.7. The summed E-state index contributed by atoms with van der Waals surface area (Å²) in [5, 5.41) is 1.57. The number of hydrogen-bond donors (Lipinski definition) is 1. The zero-order valence-electron chi connectivity index (χ0n) is 14.8. The fourth-order valence-corrected chi connectivity index (χ4v) is 3.83. The van der Waals surface area contributed by atoms with Crippen LogP contribution < -0.4 is 4.74 Å². The molecule has 1 N–H and O–H groups in total. The minimum absolute atomic E-state index is 0.0766. The number of pyridine rings is 1. The number of halogens is 1. The quantitative estimate of drug-likeness (QED) is 0.745. The molecule has 5 nitrogen and oxygen atoms in total. The lowest BCUT2D eigenvalue weighted by molar-refractivity contribution is 0.0667. The number of para-hydroxylation sites is 1. The molecule has 3 aromatic rings. The van der Waals surface area contributed by atoms with Crippen molar-refractivity contribution in [3.63, 3.8) is 0 Å². The Bertz CT molecular complexity index is 982. The molecule has 3 heterocycles. The van der Waals surface area contributed by atoms with E-state index >= 15 is 0 Å². The Labute approximate surface area is 156 Å². The summed E-state index contributed by atoms with van der Waals surface area (Å²) >= 11 is 6.25. The van der Waals surface area contributed by atoms with Gasteiger partial charge in [0.2, 0.25) is 5.88 Å². The van der Waals surface area contributed by atoms with E-state index in [0.717, 1.165) is 17.6 Å². The number of rotatable bonds is 3. The van der Waals surface area contributed by atoms with E-state index in [1.54, 1.807) is 12.1 Å². The number of carbonyl (C=O) groups is 1. The van der Waals surface area contributed by atoms with Gasteiger partial charge in [-0.3, -0.25) is 4.79 Å². The van der Waals surface area contributed by atoms with Crippen molar-refractivity contribution >= 4 is 28.4 Å². The van der Waals surface area contributed by atoms with Gasteiger partial charge in [-0.25, -0.2) is 4.98 Å². The Morgan fingerprint density at radius 2 is 2.15 bits per heavy atom. The van der Waals surface area contributed by atoms with Gasteiger partial charge in [-0.05, 0) is 38.0 Å². The van der Waals surface area contributed by atoms with Gasteiger partial charge in [0.25, 0.3) is 5.91 Å². The van der Waals surface area contributed by atoms with E-state index in [-0.39, 0.29) is 17.6 Å². The van der Waals surface area contributed by atoms with Crippen LogP contribution in [0.5, 0.6) is 5.88 Å². The van der Waals surface area contributed by atoms with Crippen molar-refractivity contribution in [2.45, 2.75) is 26.3 Å². The molecule has 1 atom stereocenters. The molecule has 0 bridgehead atoms. The molecule has 1 aliphatic rings. The molecule has 2 aromatic heterocycles. The van der Waals surface area contributed by atoms with E-state index in [2.05, 4.69) is 22.1 Å². The summed E-state index contributed by atoms with van der Waals surface area (Å²) < 4.78 is 5.42. The van der Waals surface area contributed by atoms with Crippen molar-refractivity contribution in [2.24, 2.45) is 0 Å². The number of ether oxygens (including phenoxy) is 1. The fraction of sp³-hybridized carbons (Fsp3) is 0.300. The maximum atomic E-state index is 13.1. The van der Waals surface area contributed by atoms with Crippen LogP contribution in [0.2, 0.25) is 5.02 Å². The van der Waals surface area contributed by atoms with Crippen LogP contribution in [-0.2, 0) is 6.42 Å². The van der Waals surface area contributed by atoms with E-state index in [0.29, 0.717) is 24.1 Å². The normalized spacial score (nSPS) is 16.6. The van der Waals surface area contributed by atoms with E-state index in [1.165, 1.54) is 10.9 Å². The van der Waals surface area contributed by atoms with Crippen LogP contribution >= 0.6 is 11.6 Å². The highest BCUT2D eigenvalue weighted by molar-refractivity contribution is 6.33. The topological polar surface area (TPSA) is 58.2 Å². The molecule has 1 amide bonds. The second-order valence-electron chi connectivity index (χ2n) is 6.40.